The Bertz CT molecular complexity index is 975. The average molecular weight is 434 g/mol. The first kappa shape index (κ1) is 20.1. The van der Waals surface area contributed by atoms with E-state index in [9.17, 15) is 5.11 Å². The van der Waals surface area contributed by atoms with Crippen LogP contribution in [-0.4, -0.2) is 42.1 Å². The normalized spacial score (nSPS) is 29.5. The predicted molar refractivity (Wildman–Crippen MR) is 120 cm³/mol. The molecule has 1 unspecified atom stereocenters. The Hall–Kier alpha value is -2.54. The second-order valence-electron chi connectivity index (χ2n) is 8.61. The first-order valence-electron chi connectivity index (χ1n) is 11.4. The molecule has 166 valence electrons. The molecule has 2 heterocycles. The summed E-state index contributed by atoms with van der Waals surface area (Å²) >= 11 is 0. The SMILES string of the molecule is [2H]C1(O)O[C@H](COC(c2ccccc2)(c2ccccc2)c2ccccc2)[C@H]2OC(C)(C)O[C@H]21. The summed E-state index contributed by atoms with van der Waals surface area (Å²) < 4.78 is 32.4. The minimum atomic E-state index is -2.21. The summed E-state index contributed by atoms with van der Waals surface area (Å²) in [6.07, 6.45) is -4.43. The minimum Gasteiger partial charge on any atom is -0.366 e. The molecule has 0 aromatic heterocycles. The maximum Gasteiger partial charge on any atom is 0.184 e. The van der Waals surface area contributed by atoms with Crippen LogP contribution in [0, 0.1) is 0 Å². The van der Waals surface area contributed by atoms with Gasteiger partial charge in [-0.15, -0.1) is 0 Å². The highest BCUT2D eigenvalue weighted by Crippen LogP contribution is 2.43. The lowest BCUT2D eigenvalue weighted by Gasteiger charge is -2.37. The zero-order valence-corrected chi connectivity index (χ0v) is 18.2. The van der Waals surface area contributed by atoms with Crippen molar-refractivity contribution in [1.29, 1.82) is 0 Å². The predicted octanol–water partition coefficient (Wildman–Crippen LogP) is 4.23. The molecule has 5 nitrogen and oxygen atoms in total. The van der Waals surface area contributed by atoms with Gasteiger partial charge in [-0.25, -0.2) is 0 Å². The largest absolute Gasteiger partial charge is 0.366 e. The van der Waals surface area contributed by atoms with E-state index in [4.69, 9.17) is 20.3 Å². The summed E-state index contributed by atoms with van der Waals surface area (Å²) in [6, 6.07) is 30.1. The molecule has 3 aromatic carbocycles. The molecule has 0 bridgehead atoms. The summed E-state index contributed by atoms with van der Waals surface area (Å²) in [5.74, 6) is -0.915. The van der Waals surface area contributed by atoms with Crippen LogP contribution in [-0.2, 0) is 24.5 Å². The maximum absolute atomic E-state index is 10.5. The summed E-state index contributed by atoms with van der Waals surface area (Å²) in [5, 5.41) is 10.5. The van der Waals surface area contributed by atoms with E-state index in [2.05, 4.69) is 0 Å². The maximum atomic E-state index is 10.5. The molecule has 0 aliphatic carbocycles. The van der Waals surface area contributed by atoms with Crippen LogP contribution in [0.15, 0.2) is 91.0 Å². The van der Waals surface area contributed by atoms with E-state index in [0.717, 1.165) is 16.7 Å². The van der Waals surface area contributed by atoms with Crippen LogP contribution in [0.5, 0.6) is 0 Å². The molecule has 1 N–H and O–H groups in total. The number of fused-ring (bicyclic) bond motifs is 1. The summed E-state index contributed by atoms with van der Waals surface area (Å²) in [7, 11) is 0. The van der Waals surface area contributed by atoms with Crippen molar-refractivity contribution in [2.45, 2.75) is 49.8 Å². The Morgan fingerprint density at radius 1 is 0.812 bits per heavy atom. The van der Waals surface area contributed by atoms with Crippen molar-refractivity contribution in [3.8, 4) is 0 Å². The molecule has 2 fully saturated rings. The van der Waals surface area contributed by atoms with Crippen molar-refractivity contribution < 1.29 is 25.4 Å². The monoisotopic (exact) mass is 433 g/mol. The number of aliphatic hydroxyl groups is 1. The standard InChI is InChI=1S/C27H28O5/c1-26(2)31-23-22(30-25(28)24(23)32-26)18-29-27(19-12-6-3-7-13-19,20-14-8-4-9-15-20)21-16-10-5-11-17-21/h3-17,22-25,28H,18H2,1-2H3/t22-,23-,24-,25?/m1/s1/i25D. The molecular weight excluding hydrogens is 404 g/mol. The fourth-order valence-electron chi connectivity index (χ4n) is 4.65. The highest BCUT2D eigenvalue weighted by atomic mass is 16.8. The Labute approximate surface area is 189 Å². The molecule has 2 aliphatic rings. The third kappa shape index (κ3) is 3.76. The first-order valence-corrected chi connectivity index (χ1v) is 10.9. The van der Waals surface area contributed by atoms with E-state index in [-0.39, 0.29) is 6.61 Å². The van der Waals surface area contributed by atoms with E-state index < -0.39 is 36.0 Å². The van der Waals surface area contributed by atoms with Gasteiger partial charge in [0.05, 0.1) is 7.98 Å². The number of rotatable bonds is 6. The smallest absolute Gasteiger partial charge is 0.184 e. The summed E-state index contributed by atoms with van der Waals surface area (Å²) in [6.45, 7) is 3.61. The Balaban J connectivity index is 1.56. The van der Waals surface area contributed by atoms with Crippen molar-refractivity contribution in [3.63, 3.8) is 0 Å². The van der Waals surface area contributed by atoms with E-state index in [1.54, 1.807) is 13.8 Å². The fourth-order valence-corrected chi connectivity index (χ4v) is 4.65. The molecule has 5 heteroatoms. The molecule has 0 spiro atoms. The van der Waals surface area contributed by atoms with Gasteiger partial charge in [0, 0.05) is 0 Å². The second kappa shape index (κ2) is 8.43. The van der Waals surface area contributed by atoms with Crippen LogP contribution < -0.4 is 0 Å². The van der Waals surface area contributed by atoms with E-state index in [1.165, 1.54) is 0 Å². The lowest BCUT2D eigenvalue weighted by Crippen LogP contribution is -2.39. The van der Waals surface area contributed by atoms with Gasteiger partial charge >= 0.3 is 0 Å². The molecule has 0 amide bonds. The van der Waals surface area contributed by atoms with E-state index >= 15 is 0 Å². The second-order valence-corrected chi connectivity index (χ2v) is 8.61. The highest BCUT2D eigenvalue weighted by molar-refractivity contribution is 5.47. The van der Waals surface area contributed by atoms with Crippen molar-refractivity contribution in [2.75, 3.05) is 6.61 Å². The molecule has 2 saturated heterocycles. The van der Waals surface area contributed by atoms with Gasteiger partial charge in [-0.05, 0) is 30.5 Å². The summed E-state index contributed by atoms with van der Waals surface area (Å²) in [5.41, 5.74) is 1.95. The fraction of sp³-hybridized carbons (Fsp3) is 0.333. The highest BCUT2D eigenvalue weighted by Gasteiger charge is 2.55. The lowest BCUT2D eigenvalue weighted by molar-refractivity contribution is -0.227. The van der Waals surface area contributed by atoms with Crippen LogP contribution in [0.1, 0.15) is 31.9 Å². The zero-order valence-electron chi connectivity index (χ0n) is 19.2. The number of hydrogen-bond acceptors (Lipinski definition) is 5. The topological polar surface area (TPSA) is 57.2 Å². The van der Waals surface area contributed by atoms with Crippen LogP contribution in [0.25, 0.3) is 0 Å². The molecular formula is C27H28O5. The average Bonchev–Trinajstić information content (AvgIpc) is 3.27. The summed E-state index contributed by atoms with van der Waals surface area (Å²) in [4.78, 5) is 0. The van der Waals surface area contributed by atoms with Crippen molar-refractivity contribution >= 4 is 0 Å². The molecule has 0 saturated carbocycles. The van der Waals surface area contributed by atoms with Gasteiger partial charge in [-0.1, -0.05) is 91.0 Å². The quantitative estimate of drug-likeness (QED) is 0.590. The van der Waals surface area contributed by atoms with Gasteiger partial charge in [0.1, 0.15) is 23.9 Å². The van der Waals surface area contributed by atoms with Gasteiger partial charge in [0.25, 0.3) is 0 Å². The molecule has 5 rings (SSSR count). The molecule has 2 aliphatic heterocycles. The molecule has 4 atom stereocenters. The van der Waals surface area contributed by atoms with Crippen molar-refractivity contribution in [3.05, 3.63) is 108 Å². The van der Waals surface area contributed by atoms with Crippen molar-refractivity contribution in [2.24, 2.45) is 0 Å². The van der Waals surface area contributed by atoms with Crippen LogP contribution >= 0.6 is 0 Å². The van der Waals surface area contributed by atoms with Crippen LogP contribution in [0.4, 0.5) is 0 Å². The van der Waals surface area contributed by atoms with Crippen LogP contribution in [0.3, 0.4) is 0 Å². The van der Waals surface area contributed by atoms with Gasteiger partial charge in [-0.2, -0.15) is 0 Å². The molecule has 32 heavy (non-hydrogen) atoms. The molecule has 0 radical (unpaired) electrons. The van der Waals surface area contributed by atoms with Gasteiger partial charge in [0.2, 0.25) is 0 Å². The Kier molecular flexibility index (Phi) is 5.29. The third-order valence-corrected chi connectivity index (χ3v) is 6.02. The van der Waals surface area contributed by atoms with Gasteiger partial charge in [-0.3, -0.25) is 0 Å². The van der Waals surface area contributed by atoms with Crippen molar-refractivity contribution in [1.82, 2.24) is 0 Å². The van der Waals surface area contributed by atoms with E-state index in [1.807, 2.05) is 91.0 Å². The Morgan fingerprint density at radius 2 is 1.25 bits per heavy atom. The number of hydrogen-bond donors (Lipinski definition) is 1. The van der Waals surface area contributed by atoms with Gasteiger partial charge in [0.15, 0.2) is 12.1 Å². The lowest BCUT2D eigenvalue weighted by atomic mass is 9.80. The first-order chi connectivity index (χ1) is 15.8. The number of ether oxygens (including phenoxy) is 4. The van der Waals surface area contributed by atoms with Crippen LogP contribution in [0.2, 0.25) is 0 Å². The van der Waals surface area contributed by atoms with Gasteiger partial charge < -0.3 is 24.1 Å². The van der Waals surface area contributed by atoms with E-state index in [0.29, 0.717) is 0 Å². The third-order valence-electron chi connectivity index (χ3n) is 6.02. The molecule has 3 aromatic rings. The number of benzene rings is 3. The zero-order chi connectivity index (χ0) is 23.1. The Morgan fingerprint density at radius 3 is 1.72 bits per heavy atom. The minimum absolute atomic E-state index is 0.0838.